The summed E-state index contributed by atoms with van der Waals surface area (Å²) in [6.45, 7) is 6.40. The van der Waals surface area contributed by atoms with Gasteiger partial charge in [-0.2, -0.15) is 0 Å². The number of furan rings is 1. The lowest BCUT2D eigenvalue weighted by Gasteiger charge is -2.23. The highest BCUT2D eigenvalue weighted by Gasteiger charge is 2.15. The Labute approximate surface area is 89.5 Å². The normalized spacial score (nSPS) is 11.3. The lowest BCUT2D eigenvalue weighted by atomic mass is 10.3. The Bertz CT molecular complexity index is 330. The summed E-state index contributed by atoms with van der Waals surface area (Å²) in [5, 5.41) is 8.74. The summed E-state index contributed by atoms with van der Waals surface area (Å²) in [6.07, 6.45) is 0. The van der Waals surface area contributed by atoms with Crippen LogP contribution in [0.2, 0.25) is 0 Å². The first kappa shape index (κ1) is 11.8. The van der Waals surface area contributed by atoms with Crippen molar-refractivity contribution in [1.82, 2.24) is 4.90 Å². The zero-order valence-electron chi connectivity index (χ0n) is 9.36. The van der Waals surface area contributed by atoms with Gasteiger partial charge in [0.2, 0.25) is 0 Å². The van der Waals surface area contributed by atoms with E-state index in [4.69, 9.17) is 9.52 Å². The molecule has 0 spiro atoms. The molecule has 0 fully saturated rings. The van der Waals surface area contributed by atoms with E-state index in [0.717, 1.165) is 11.5 Å². The SMILES string of the molecule is Cc1ccc(CN(CC(=O)O)C(C)C)o1. The van der Waals surface area contributed by atoms with Crippen LogP contribution in [0.4, 0.5) is 0 Å². The number of carbonyl (C=O) groups is 1. The minimum absolute atomic E-state index is 0.0391. The van der Waals surface area contributed by atoms with Gasteiger partial charge in [0.15, 0.2) is 0 Å². The molecule has 0 amide bonds. The zero-order chi connectivity index (χ0) is 11.4. The molecular formula is C11H17NO3. The van der Waals surface area contributed by atoms with Crippen LogP contribution >= 0.6 is 0 Å². The van der Waals surface area contributed by atoms with Gasteiger partial charge in [0.1, 0.15) is 11.5 Å². The van der Waals surface area contributed by atoms with Crippen molar-refractivity contribution in [3.05, 3.63) is 23.7 Å². The Morgan fingerprint density at radius 2 is 2.20 bits per heavy atom. The second-order valence-electron chi connectivity index (χ2n) is 3.90. The van der Waals surface area contributed by atoms with Crippen molar-refractivity contribution in [2.75, 3.05) is 6.54 Å². The summed E-state index contributed by atoms with van der Waals surface area (Å²) in [4.78, 5) is 12.5. The van der Waals surface area contributed by atoms with Crippen molar-refractivity contribution in [2.24, 2.45) is 0 Å². The molecule has 0 atom stereocenters. The maximum atomic E-state index is 10.6. The molecule has 0 aliphatic heterocycles. The number of aryl methyl sites for hydroxylation is 1. The van der Waals surface area contributed by atoms with Gasteiger partial charge in [0.05, 0.1) is 13.1 Å². The van der Waals surface area contributed by atoms with Crippen LogP contribution in [0.1, 0.15) is 25.4 Å². The Morgan fingerprint density at radius 1 is 1.53 bits per heavy atom. The maximum absolute atomic E-state index is 10.6. The molecule has 0 saturated heterocycles. The summed E-state index contributed by atoms with van der Waals surface area (Å²) in [7, 11) is 0. The molecule has 4 nitrogen and oxygen atoms in total. The van der Waals surface area contributed by atoms with Crippen LogP contribution in [0.3, 0.4) is 0 Å². The van der Waals surface area contributed by atoms with Crippen LogP contribution in [0.15, 0.2) is 16.5 Å². The van der Waals surface area contributed by atoms with Crippen molar-refractivity contribution >= 4 is 5.97 Å². The van der Waals surface area contributed by atoms with Gasteiger partial charge < -0.3 is 9.52 Å². The van der Waals surface area contributed by atoms with Gasteiger partial charge in [-0.05, 0) is 32.9 Å². The van der Waals surface area contributed by atoms with Gasteiger partial charge >= 0.3 is 5.97 Å². The van der Waals surface area contributed by atoms with E-state index in [1.54, 1.807) is 0 Å². The molecule has 0 bridgehead atoms. The fraction of sp³-hybridized carbons (Fsp3) is 0.545. The molecule has 0 aliphatic carbocycles. The number of carboxylic acids is 1. The highest BCUT2D eigenvalue weighted by atomic mass is 16.4. The molecule has 0 aromatic carbocycles. The topological polar surface area (TPSA) is 53.7 Å². The van der Waals surface area contributed by atoms with E-state index in [9.17, 15) is 4.79 Å². The molecule has 1 aromatic rings. The molecule has 84 valence electrons. The van der Waals surface area contributed by atoms with Gasteiger partial charge in [0, 0.05) is 6.04 Å². The lowest BCUT2D eigenvalue weighted by molar-refractivity contribution is -0.139. The molecule has 0 aliphatic rings. The molecule has 1 heterocycles. The van der Waals surface area contributed by atoms with Gasteiger partial charge in [0.25, 0.3) is 0 Å². The first-order chi connectivity index (χ1) is 6.99. The Balaban J connectivity index is 2.62. The highest BCUT2D eigenvalue weighted by Crippen LogP contribution is 2.11. The summed E-state index contributed by atoms with van der Waals surface area (Å²) < 4.78 is 5.41. The summed E-state index contributed by atoms with van der Waals surface area (Å²) in [6, 6.07) is 3.95. The summed E-state index contributed by atoms with van der Waals surface area (Å²) in [5.74, 6) is 0.846. The minimum atomic E-state index is -0.813. The van der Waals surface area contributed by atoms with Crippen LogP contribution in [0, 0.1) is 6.92 Å². The van der Waals surface area contributed by atoms with E-state index in [0.29, 0.717) is 6.54 Å². The number of hydrogen-bond donors (Lipinski definition) is 1. The summed E-state index contributed by atoms with van der Waals surface area (Å²) in [5.41, 5.74) is 0. The van der Waals surface area contributed by atoms with E-state index in [1.165, 1.54) is 0 Å². The monoisotopic (exact) mass is 211 g/mol. The fourth-order valence-corrected chi connectivity index (χ4v) is 1.37. The largest absolute Gasteiger partial charge is 0.480 e. The Hall–Kier alpha value is -1.29. The maximum Gasteiger partial charge on any atom is 0.317 e. The molecule has 0 radical (unpaired) electrons. The minimum Gasteiger partial charge on any atom is -0.480 e. The van der Waals surface area contributed by atoms with E-state index >= 15 is 0 Å². The molecule has 1 N–H and O–H groups in total. The number of rotatable bonds is 5. The smallest absolute Gasteiger partial charge is 0.317 e. The van der Waals surface area contributed by atoms with Crippen molar-refractivity contribution in [1.29, 1.82) is 0 Å². The average Bonchev–Trinajstić information content (AvgIpc) is 2.49. The van der Waals surface area contributed by atoms with Crippen LogP contribution < -0.4 is 0 Å². The third-order valence-corrected chi connectivity index (χ3v) is 2.22. The number of aliphatic carboxylic acids is 1. The molecule has 15 heavy (non-hydrogen) atoms. The van der Waals surface area contributed by atoms with E-state index in [-0.39, 0.29) is 12.6 Å². The van der Waals surface area contributed by atoms with Crippen molar-refractivity contribution in [3.8, 4) is 0 Å². The van der Waals surface area contributed by atoms with Crippen LogP contribution in [0.5, 0.6) is 0 Å². The van der Waals surface area contributed by atoms with Crippen LogP contribution in [0.25, 0.3) is 0 Å². The number of nitrogens with zero attached hydrogens (tertiary/aromatic N) is 1. The number of hydrogen-bond acceptors (Lipinski definition) is 3. The first-order valence-electron chi connectivity index (χ1n) is 5.00. The molecule has 4 heteroatoms. The molecule has 1 rings (SSSR count). The predicted octanol–water partition coefficient (Wildman–Crippen LogP) is 1.88. The summed E-state index contributed by atoms with van der Waals surface area (Å²) >= 11 is 0. The van der Waals surface area contributed by atoms with Crippen molar-refractivity contribution < 1.29 is 14.3 Å². The van der Waals surface area contributed by atoms with E-state index in [1.807, 2.05) is 37.8 Å². The quantitative estimate of drug-likeness (QED) is 0.808. The van der Waals surface area contributed by atoms with E-state index in [2.05, 4.69) is 0 Å². The second-order valence-corrected chi connectivity index (χ2v) is 3.90. The molecule has 1 aromatic heterocycles. The van der Waals surface area contributed by atoms with Crippen molar-refractivity contribution in [3.63, 3.8) is 0 Å². The van der Waals surface area contributed by atoms with Gasteiger partial charge in [-0.25, -0.2) is 0 Å². The lowest BCUT2D eigenvalue weighted by Crippen LogP contribution is -2.34. The number of carboxylic acid groups (broad SMARTS) is 1. The molecule has 0 saturated carbocycles. The first-order valence-corrected chi connectivity index (χ1v) is 5.00. The second kappa shape index (κ2) is 4.98. The predicted molar refractivity (Wildman–Crippen MR) is 56.6 cm³/mol. The van der Waals surface area contributed by atoms with Gasteiger partial charge in [-0.3, -0.25) is 9.69 Å². The highest BCUT2D eigenvalue weighted by molar-refractivity contribution is 5.69. The van der Waals surface area contributed by atoms with Crippen LogP contribution in [-0.4, -0.2) is 28.6 Å². The van der Waals surface area contributed by atoms with Gasteiger partial charge in [-0.15, -0.1) is 0 Å². The third-order valence-electron chi connectivity index (χ3n) is 2.22. The zero-order valence-corrected chi connectivity index (χ0v) is 9.36. The van der Waals surface area contributed by atoms with Gasteiger partial charge in [-0.1, -0.05) is 0 Å². The van der Waals surface area contributed by atoms with Crippen molar-refractivity contribution in [2.45, 2.75) is 33.4 Å². The Morgan fingerprint density at radius 3 is 2.60 bits per heavy atom. The average molecular weight is 211 g/mol. The Kier molecular flexibility index (Phi) is 3.91. The molecular weight excluding hydrogens is 194 g/mol. The third kappa shape index (κ3) is 3.75. The fourth-order valence-electron chi connectivity index (χ4n) is 1.37. The van der Waals surface area contributed by atoms with Crippen LogP contribution in [-0.2, 0) is 11.3 Å². The van der Waals surface area contributed by atoms with E-state index < -0.39 is 5.97 Å². The standard InChI is InChI=1S/C11H17NO3/c1-8(2)12(7-11(13)14)6-10-5-4-9(3)15-10/h4-5,8H,6-7H2,1-3H3,(H,13,14). The molecule has 0 unspecified atom stereocenters.